The number of pyridine rings is 1. The summed E-state index contributed by atoms with van der Waals surface area (Å²) in [4.78, 5) is 37.5. The van der Waals surface area contributed by atoms with E-state index in [-0.39, 0.29) is 28.4 Å². The third kappa shape index (κ3) is 6.00. The zero-order chi connectivity index (χ0) is 26.8. The maximum Gasteiger partial charge on any atom is 0.416 e. The highest BCUT2D eigenvalue weighted by molar-refractivity contribution is 7.90. The van der Waals surface area contributed by atoms with E-state index in [0.29, 0.717) is 5.56 Å². The van der Waals surface area contributed by atoms with E-state index in [1.54, 1.807) is 0 Å². The van der Waals surface area contributed by atoms with Gasteiger partial charge in [-0.15, -0.1) is 0 Å². The maximum absolute atomic E-state index is 13.2. The summed E-state index contributed by atoms with van der Waals surface area (Å²) in [5.41, 5.74) is -1.90. The summed E-state index contributed by atoms with van der Waals surface area (Å²) >= 11 is 0. The van der Waals surface area contributed by atoms with Crippen molar-refractivity contribution in [1.29, 1.82) is 0 Å². The first-order valence-corrected chi connectivity index (χ1v) is 12.3. The van der Waals surface area contributed by atoms with Gasteiger partial charge in [0.15, 0.2) is 9.84 Å². The van der Waals surface area contributed by atoms with Gasteiger partial charge in [0.25, 0.3) is 11.5 Å². The van der Waals surface area contributed by atoms with E-state index in [1.807, 2.05) is 0 Å². The van der Waals surface area contributed by atoms with Crippen LogP contribution in [0.4, 0.5) is 13.2 Å². The van der Waals surface area contributed by atoms with Crippen LogP contribution in [-0.2, 0) is 33.8 Å². The van der Waals surface area contributed by atoms with Crippen LogP contribution in [0.2, 0.25) is 0 Å². The molecule has 3 rings (SSSR count). The molecule has 0 aliphatic carbocycles. The van der Waals surface area contributed by atoms with Gasteiger partial charge in [-0.05, 0) is 54.4 Å². The summed E-state index contributed by atoms with van der Waals surface area (Å²) in [5, 5.41) is 11.8. The number of halogens is 3. The van der Waals surface area contributed by atoms with Gasteiger partial charge >= 0.3 is 12.1 Å². The Balaban J connectivity index is 2.02. The summed E-state index contributed by atoms with van der Waals surface area (Å²) < 4.78 is 63.7. The van der Waals surface area contributed by atoms with Crippen LogP contribution in [0.15, 0.2) is 64.3 Å². The van der Waals surface area contributed by atoms with E-state index in [9.17, 15) is 41.1 Å². The average Bonchev–Trinajstić information content (AvgIpc) is 2.78. The second-order valence-corrected chi connectivity index (χ2v) is 10.0. The molecule has 0 spiro atoms. The lowest BCUT2D eigenvalue weighted by Gasteiger charge is -2.17. The Morgan fingerprint density at radius 1 is 1.06 bits per heavy atom. The second kappa shape index (κ2) is 9.97. The van der Waals surface area contributed by atoms with Crippen molar-refractivity contribution in [2.45, 2.75) is 31.0 Å². The van der Waals surface area contributed by atoms with Gasteiger partial charge in [-0.3, -0.25) is 19.0 Å². The minimum atomic E-state index is -4.68. The van der Waals surface area contributed by atoms with Crippen LogP contribution >= 0.6 is 0 Å². The fourth-order valence-corrected chi connectivity index (χ4v) is 4.16. The molecule has 2 N–H and O–H groups in total. The maximum atomic E-state index is 13.2. The van der Waals surface area contributed by atoms with E-state index < -0.39 is 51.0 Å². The monoisotopic (exact) mass is 522 g/mol. The molecule has 0 aliphatic rings. The summed E-state index contributed by atoms with van der Waals surface area (Å²) in [6, 6.07) is 10.7. The highest BCUT2D eigenvalue weighted by atomic mass is 32.2. The molecule has 8 nitrogen and oxygen atoms in total. The predicted octanol–water partition coefficient (Wildman–Crippen LogP) is 3.13. The third-order valence-electron chi connectivity index (χ3n) is 5.37. The molecule has 1 amide bonds. The fraction of sp³-hybridized carbons (Fsp3) is 0.208. The molecule has 0 saturated heterocycles. The standard InChI is InChI=1S/C24H21F3N2O6S/c1-14-16(11-21(30)31)10-20(22(32)28-13-15-6-8-19(9-7-15)36(2,34)35)23(33)29(14)18-5-3-4-17(12-18)24(25,26)27/h3-10,12H,11,13H2,1-2H3,(H,28,32)(H,30,31). The number of rotatable bonds is 7. The lowest BCUT2D eigenvalue weighted by atomic mass is 10.1. The van der Waals surface area contributed by atoms with Crippen molar-refractivity contribution < 1.29 is 36.3 Å². The molecular weight excluding hydrogens is 501 g/mol. The second-order valence-electron chi connectivity index (χ2n) is 8.03. The molecule has 12 heteroatoms. The van der Waals surface area contributed by atoms with Crippen molar-refractivity contribution in [3.8, 4) is 5.69 Å². The minimum absolute atomic E-state index is 0.0715. The van der Waals surface area contributed by atoms with Gasteiger partial charge in [0.2, 0.25) is 0 Å². The van der Waals surface area contributed by atoms with Crippen LogP contribution in [0.5, 0.6) is 0 Å². The molecule has 0 atom stereocenters. The van der Waals surface area contributed by atoms with E-state index in [0.717, 1.165) is 35.1 Å². The highest BCUT2D eigenvalue weighted by Gasteiger charge is 2.31. The largest absolute Gasteiger partial charge is 0.481 e. The lowest BCUT2D eigenvalue weighted by Crippen LogP contribution is -2.34. The normalized spacial score (nSPS) is 11.8. The zero-order valence-corrected chi connectivity index (χ0v) is 19.9. The first-order valence-electron chi connectivity index (χ1n) is 10.4. The van der Waals surface area contributed by atoms with E-state index in [1.165, 1.54) is 37.3 Å². The topological polar surface area (TPSA) is 123 Å². The molecule has 0 fully saturated rings. The lowest BCUT2D eigenvalue weighted by molar-refractivity contribution is -0.138. The molecule has 0 bridgehead atoms. The van der Waals surface area contributed by atoms with Gasteiger partial charge in [0.1, 0.15) is 5.56 Å². The first kappa shape index (κ1) is 26.7. The van der Waals surface area contributed by atoms with Crippen molar-refractivity contribution >= 4 is 21.7 Å². The molecule has 0 radical (unpaired) electrons. The van der Waals surface area contributed by atoms with Crippen LogP contribution in [0.1, 0.15) is 32.7 Å². The Kier molecular flexibility index (Phi) is 7.39. The molecule has 0 unspecified atom stereocenters. The number of alkyl halides is 3. The van der Waals surface area contributed by atoms with E-state index in [2.05, 4.69) is 5.32 Å². The Labute approximate surface area is 203 Å². The molecule has 1 aromatic heterocycles. The average molecular weight is 523 g/mol. The Morgan fingerprint density at radius 2 is 1.69 bits per heavy atom. The Hall–Kier alpha value is -3.93. The van der Waals surface area contributed by atoms with Gasteiger partial charge in [0.05, 0.1) is 16.9 Å². The number of carbonyl (C=O) groups excluding carboxylic acids is 1. The van der Waals surface area contributed by atoms with Crippen LogP contribution in [0.25, 0.3) is 5.69 Å². The molecule has 2 aromatic carbocycles. The molecule has 3 aromatic rings. The minimum Gasteiger partial charge on any atom is -0.481 e. The Bertz CT molecular complexity index is 1490. The molecule has 1 heterocycles. The van der Waals surface area contributed by atoms with Crippen molar-refractivity contribution in [1.82, 2.24) is 9.88 Å². The quantitative estimate of drug-likeness (QED) is 0.492. The number of sulfone groups is 1. The number of carbonyl (C=O) groups is 2. The van der Waals surface area contributed by atoms with Gasteiger partial charge in [-0.25, -0.2) is 8.42 Å². The number of hydrogen-bond donors (Lipinski definition) is 2. The van der Waals surface area contributed by atoms with Crippen molar-refractivity contribution in [3.05, 3.63) is 92.9 Å². The number of hydrogen-bond acceptors (Lipinski definition) is 5. The number of carboxylic acids is 1. The number of benzene rings is 2. The highest BCUT2D eigenvalue weighted by Crippen LogP contribution is 2.30. The van der Waals surface area contributed by atoms with E-state index in [4.69, 9.17) is 0 Å². The predicted molar refractivity (Wildman–Crippen MR) is 124 cm³/mol. The van der Waals surface area contributed by atoms with Crippen molar-refractivity contribution in [2.75, 3.05) is 6.26 Å². The van der Waals surface area contributed by atoms with Gasteiger partial charge in [-0.2, -0.15) is 13.2 Å². The van der Waals surface area contributed by atoms with E-state index >= 15 is 0 Å². The number of aliphatic carboxylic acids is 1. The van der Waals surface area contributed by atoms with Crippen LogP contribution in [0, 0.1) is 6.92 Å². The number of nitrogens with zero attached hydrogens (tertiary/aromatic N) is 1. The molecule has 190 valence electrons. The SMILES string of the molecule is Cc1c(CC(=O)O)cc(C(=O)NCc2ccc(S(C)(=O)=O)cc2)c(=O)n1-c1cccc(C(F)(F)F)c1. The summed E-state index contributed by atoms with van der Waals surface area (Å²) in [6.07, 6.45) is -4.21. The number of carboxylic acid groups (broad SMARTS) is 1. The summed E-state index contributed by atoms with van der Waals surface area (Å²) in [5.74, 6) is -2.13. The van der Waals surface area contributed by atoms with Gasteiger partial charge in [0, 0.05) is 24.2 Å². The molecule has 0 aliphatic heterocycles. The molecule has 0 saturated carbocycles. The first-order chi connectivity index (χ1) is 16.7. The van der Waals surface area contributed by atoms with Crippen LogP contribution in [0.3, 0.4) is 0 Å². The van der Waals surface area contributed by atoms with Crippen molar-refractivity contribution in [2.24, 2.45) is 0 Å². The van der Waals surface area contributed by atoms with Crippen molar-refractivity contribution in [3.63, 3.8) is 0 Å². The number of amides is 1. The summed E-state index contributed by atoms with van der Waals surface area (Å²) in [7, 11) is -3.41. The number of aromatic nitrogens is 1. The van der Waals surface area contributed by atoms with Crippen LogP contribution in [-0.4, -0.2) is 36.2 Å². The number of nitrogens with one attached hydrogen (secondary N) is 1. The zero-order valence-electron chi connectivity index (χ0n) is 19.1. The Morgan fingerprint density at radius 3 is 2.25 bits per heavy atom. The van der Waals surface area contributed by atoms with Gasteiger partial charge in [-0.1, -0.05) is 18.2 Å². The molecular formula is C24H21F3N2O6S. The smallest absolute Gasteiger partial charge is 0.416 e. The van der Waals surface area contributed by atoms with Crippen LogP contribution < -0.4 is 10.9 Å². The van der Waals surface area contributed by atoms with Gasteiger partial charge < -0.3 is 10.4 Å². The molecule has 36 heavy (non-hydrogen) atoms. The third-order valence-corrected chi connectivity index (χ3v) is 6.50. The fourth-order valence-electron chi connectivity index (χ4n) is 3.53. The summed E-state index contributed by atoms with van der Waals surface area (Å²) in [6.45, 7) is 1.29.